The van der Waals surface area contributed by atoms with Crippen LogP contribution in [0.5, 0.6) is 5.75 Å². The molecule has 12 nitrogen and oxygen atoms in total. The summed E-state index contributed by atoms with van der Waals surface area (Å²) in [5, 5.41) is 20.7. The summed E-state index contributed by atoms with van der Waals surface area (Å²) < 4.78 is 17.0. The molecule has 3 N–H and O–H groups in total. The Hall–Kier alpha value is -4.65. The number of rotatable bonds is 12. The minimum Gasteiger partial charge on any atom is -0.494 e. The number of amides is 2. The van der Waals surface area contributed by atoms with Crippen LogP contribution in [0.2, 0.25) is 0 Å². The standard InChI is InChI=1S/C27H30B3N7O5/c1-40-23-17(26-33-21(37-42-26)14-41-13-15-6-3-2-4-7-15)8-5-9-18(23)31-19-12-20(32-24(38)16-10-11-16)35-36-22(19)25(39)34-27(28,29)30/h2-9,12,16H,10-11,13-14,28-30H2,1H3,(H,34,39)(H2,31,32,35,38). The third-order valence-corrected chi connectivity index (χ3v) is 6.23. The fourth-order valence-electron chi connectivity index (χ4n) is 4.11. The van der Waals surface area contributed by atoms with Crippen LogP contribution in [0.25, 0.3) is 11.5 Å². The molecule has 0 bridgehead atoms. The fraction of sp³-hybridized carbons (Fsp3) is 0.259. The normalized spacial score (nSPS) is 12.9. The van der Waals surface area contributed by atoms with Gasteiger partial charge in [-0.05, 0) is 35.8 Å². The smallest absolute Gasteiger partial charge is 0.272 e. The van der Waals surface area contributed by atoms with Crippen LogP contribution >= 0.6 is 0 Å². The van der Waals surface area contributed by atoms with E-state index >= 15 is 0 Å². The zero-order chi connectivity index (χ0) is 29.7. The van der Waals surface area contributed by atoms with Crippen molar-refractivity contribution in [2.45, 2.75) is 31.3 Å². The first-order chi connectivity index (χ1) is 20.2. The second-order valence-electron chi connectivity index (χ2n) is 11.0. The summed E-state index contributed by atoms with van der Waals surface area (Å²) in [5.74, 6) is 0.689. The van der Waals surface area contributed by atoms with Gasteiger partial charge in [0.05, 0.1) is 30.7 Å². The number of carbonyl (C=O) groups is 2. The summed E-state index contributed by atoms with van der Waals surface area (Å²) in [6, 6.07) is 16.7. The van der Waals surface area contributed by atoms with E-state index in [2.05, 4.69) is 36.3 Å². The number of aromatic nitrogens is 4. The summed E-state index contributed by atoms with van der Waals surface area (Å²) in [6.45, 7) is 0.588. The largest absolute Gasteiger partial charge is 0.494 e. The van der Waals surface area contributed by atoms with Gasteiger partial charge in [-0.2, -0.15) is 4.98 Å². The Kier molecular flexibility index (Phi) is 8.57. The molecule has 0 atom stereocenters. The number of ether oxygens (including phenoxy) is 2. The van der Waals surface area contributed by atoms with Gasteiger partial charge in [0.1, 0.15) is 30.1 Å². The second kappa shape index (κ2) is 12.5. The van der Waals surface area contributed by atoms with Gasteiger partial charge < -0.3 is 29.9 Å². The van der Waals surface area contributed by atoms with Crippen molar-refractivity contribution in [3.05, 3.63) is 71.7 Å². The number of benzene rings is 2. The molecule has 2 heterocycles. The summed E-state index contributed by atoms with van der Waals surface area (Å²) in [6.07, 6.45) is 1.69. The summed E-state index contributed by atoms with van der Waals surface area (Å²) in [4.78, 5) is 30.0. The zero-order valence-corrected chi connectivity index (χ0v) is 23.9. The molecule has 0 radical (unpaired) electrons. The Labute approximate surface area is 245 Å². The lowest BCUT2D eigenvalue weighted by Crippen LogP contribution is -2.50. The molecule has 42 heavy (non-hydrogen) atoms. The number of nitrogens with one attached hydrogen (secondary N) is 3. The predicted octanol–water partition coefficient (Wildman–Crippen LogP) is 0.584. The summed E-state index contributed by atoms with van der Waals surface area (Å²) in [7, 11) is 7.12. The van der Waals surface area contributed by atoms with Gasteiger partial charge in [-0.25, -0.2) is 0 Å². The Morgan fingerprint density at radius 3 is 2.52 bits per heavy atom. The topological polar surface area (TPSA) is 153 Å². The molecule has 4 aromatic rings. The Bertz CT molecular complexity index is 1580. The first kappa shape index (κ1) is 28.9. The van der Waals surface area contributed by atoms with E-state index in [4.69, 9.17) is 14.0 Å². The van der Waals surface area contributed by atoms with Crippen molar-refractivity contribution in [3.63, 3.8) is 0 Å². The summed E-state index contributed by atoms with van der Waals surface area (Å²) >= 11 is 0. The maximum Gasteiger partial charge on any atom is 0.272 e. The third-order valence-electron chi connectivity index (χ3n) is 6.23. The molecule has 1 aliphatic carbocycles. The van der Waals surface area contributed by atoms with Gasteiger partial charge >= 0.3 is 0 Å². The maximum absolute atomic E-state index is 13.1. The number of para-hydroxylation sites is 1. The van der Waals surface area contributed by atoms with Gasteiger partial charge in [-0.3, -0.25) is 9.59 Å². The first-order valence-electron chi connectivity index (χ1n) is 13.6. The van der Waals surface area contributed by atoms with Crippen molar-refractivity contribution >= 4 is 52.5 Å². The molecule has 1 aliphatic rings. The molecule has 0 saturated heterocycles. The molecule has 0 unspecified atom stereocenters. The van der Waals surface area contributed by atoms with Crippen LogP contribution in [0.3, 0.4) is 0 Å². The first-order valence-corrected chi connectivity index (χ1v) is 13.6. The van der Waals surface area contributed by atoms with E-state index in [1.54, 1.807) is 24.3 Å². The molecule has 1 saturated carbocycles. The van der Waals surface area contributed by atoms with Crippen LogP contribution in [-0.4, -0.2) is 68.0 Å². The number of hydrogen-bond donors (Lipinski definition) is 3. The Morgan fingerprint density at radius 2 is 1.81 bits per heavy atom. The average Bonchev–Trinajstić information content (AvgIpc) is 3.71. The molecular formula is C27H30B3N7O5. The predicted molar refractivity (Wildman–Crippen MR) is 164 cm³/mol. The van der Waals surface area contributed by atoms with E-state index in [0.717, 1.165) is 18.4 Å². The number of methoxy groups -OCH3 is 1. The third kappa shape index (κ3) is 7.35. The molecule has 2 amide bonds. The zero-order valence-electron chi connectivity index (χ0n) is 23.9. The molecule has 2 aromatic carbocycles. The molecule has 15 heteroatoms. The van der Waals surface area contributed by atoms with Gasteiger partial charge in [-0.15, -0.1) is 10.2 Å². The van der Waals surface area contributed by atoms with Crippen LogP contribution in [0.4, 0.5) is 17.2 Å². The molecule has 0 spiro atoms. The average molecular weight is 565 g/mol. The highest BCUT2D eigenvalue weighted by Crippen LogP contribution is 2.38. The minimum atomic E-state index is -0.507. The number of anilines is 3. The summed E-state index contributed by atoms with van der Waals surface area (Å²) in [5.41, 5.74) is 2.46. The van der Waals surface area contributed by atoms with Crippen molar-refractivity contribution in [2.75, 3.05) is 17.7 Å². The van der Waals surface area contributed by atoms with E-state index in [1.807, 2.05) is 53.9 Å². The van der Waals surface area contributed by atoms with Gasteiger partial charge in [0.2, 0.25) is 5.91 Å². The lowest BCUT2D eigenvalue weighted by atomic mass is 9.49. The fourth-order valence-corrected chi connectivity index (χ4v) is 4.11. The SMILES string of the molecule is BC(B)(B)NC(=O)c1nnc(NC(=O)C2CC2)cc1Nc1cccc(-c2nc(COCc3ccccc3)no2)c1OC. The molecule has 212 valence electrons. The Morgan fingerprint density at radius 1 is 1.02 bits per heavy atom. The highest BCUT2D eigenvalue weighted by Gasteiger charge is 2.30. The maximum atomic E-state index is 13.1. The Balaban J connectivity index is 1.39. The second-order valence-corrected chi connectivity index (χ2v) is 11.0. The number of hydrogen-bond acceptors (Lipinski definition) is 10. The van der Waals surface area contributed by atoms with Gasteiger partial charge in [0.25, 0.3) is 11.8 Å². The number of nitrogens with zero attached hydrogens (tertiary/aromatic N) is 4. The van der Waals surface area contributed by atoms with Crippen LogP contribution in [0, 0.1) is 5.92 Å². The molecule has 1 fully saturated rings. The molecule has 5 rings (SSSR count). The van der Waals surface area contributed by atoms with Gasteiger partial charge in [0, 0.05) is 12.0 Å². The van der Waals surface area contributed by atoms with E-state index in [0.29, 0.717) is 35.1 Å². The van der Waals surface area contributed by atoms with Gasteiger partial charge in [0.15, 0.2) is 23.1 Å². The quantitative estimate of drug-likeness (QED) is 0.208. The molecular weight excluding hydrogens is 535 g/mol. The van der Waals surface area contributed by atoms with E-state index in [-0.39, 0.29) is 35.8 Å². The lowest BCUT2D eigenvalue weighted by Gasteiger charge is -2.21. The van der Waals surface area contributed by atoms with Gasteiger partial charge in [-0.1, -0.05) is 41.6 Å². The van der Waals surface area contributed by atoms with Crippen LogP contribution in [-0.2, 0) is 22.7 Å². The van der Waals surface area contributed by atoms with Crippen LogP contribution in [0.15, 0.2) is 59.1 Å². The highest BCUT2D eigenvalue weighted by molar-refractivity contribution is 6.60. The highest BCUT2D eigenvalue weighted by atomic mass is 16.5. The molecule has 2 aromatic heterocycles. The van der Waals surface area contributed by atoms with E-state index in [9.17, 15) is 9.59 Å². The van der Waals surface area contributed by atoms with E-state index in [1.165, 1.54) is 7.11 Å². The number of carbonyl (C=O) groups excluding carboxylic acids is 2. The van der Waals surface area contributed by atoms with E-state index < -0.39 is 11.1 Å². The van der Waals surface area contributed by atoms with Crippen molar-refractivity contribution in [1.82, 2.24) is 25.7 Å². The van der Waals surface area contributed by atoms with Crippen molar-refractivity contribution in [2.24, 2.45) is 5.92 Å². The minimum absolute atomic E-state index is 0.0214. The molecule has 0 aliphatic heterocycles. The van der Waals surface area contributed by atoms with Crippen molar-refractivity contribution < 1.29 is 23.6 Å². The van der Waals surface area contributed by atoms with Crippen LogP contribution < -0.4 is 20.7 Å². The monoisotopic (exact) mass is 565 g/mol. The van der Waals surface area contributed by atoms with Crippen molar-refractivity contribution in [3.8, 4) is 17.2 Å². The van der Waals surface area contributed by atoms with Crippen molar-refractivity contribution in [1.29, 1.82) is 0 Å². The van der Waals surface area contributed by atoms with Crippen LogP contribution in [0.1, 0.15) is 34.7 Å². The lowest BCUT2D eigenvalue weighted by molar-refractivity contribution is -0.117.